The van der Waals surface area contributed by atoms with Crippen LogP contribution in [0.25, 0.3) is 0 Å². The van der Waals surface area contributed by atoms with Crippen LogP contribution in [-0.2, 0) is 11.3 Å². The molecule has 1 N–H and O–H groups in total. The molecule has 4 nitrogen and oxygen atoms in total. The van der Waals surface area contributed by atoms with Crippen LogP contribution in [0.3, 0.4) is 0 Å². The molecule has 0 bridgehead atoms. The average Bonchev–Trinajstić information content (AvgIpc) is 2.52. The molecule has 2 unspecified atom stereocenters. The fourth-order valence-corrected chi connectivity index (χ4v) is 5.18. The first kappa shape index (κ1) is 16.1. The zero-order chi connectivity index (χ0) is 14.2. The second-order valence-corrected chi connectivity index (χ2v) is 7.28. The predicted molar refractivity (Wildman–Crippen MR) is 87.4 cm³/mol. The van der Waals surface area contributed by atoms with Gasteiger partial charge in [0.05, 0.1) is 17.6 Å². The summed E-state index contributed by atoms with van der Waals surface area (Å²) < 4.78 is 5.03. The normalized spacial score (nSPS) is 22.9. The van der Waals surface area contributed by atoms with Gasteiger partial charge in [-0.1, -0.05) is 6.92 Å². The summed E-state index contributed by atoms with van der Waals surface area (Å²) in [6.07, 6.45) is 3.07. The van der Waals surface area contributed by atoms with E-state index in [2.05, 4.69) is 29.0 Å². The van der Waals surface area contributed by atoms with Gasteiger partial charge in [-0.3, -0.25) is 0 Å². The number of nitrogens with one attached hydrogen (secondary N) is 1. The van der Waals surface area contributed by atoms with E-state index in [1.54, 1.807) is 7.11 Å². The SMILES string of the molecule is CCC1SCCSC1c1nccc(CNCCOC)n1. The van der Waals surface area contributed by atoms with Crippen LogP contribution < -0.4 is 5.32 Å². The molecule has 0 aliphatic carbocycles. The molecule has 112 valence electrons. The van der Waals surface area contributed by atoms with Gasteiger partial charge in [0.1, 0.15) is 5.82 Å². The quantitative estimate of drug-likeness (QED) is 0.781. The van der Waals surface area contributed by atoms with Crippen molar-refractivity contribution in [1.82, 2.24) is 15.3 Å². The fourth-order valence-electron chi connectivity index (χ4n) is 2.18. The molecule has 6 heteroatoms. The number of methoxy groups -OCH3 is 1. The zero-order valence-corrected chi connectivity index (χ0v) is 13.8. The van der Waals surface area contributed by atoms with Gasteiger partial charge >= 0.3 is 0 Å². The van der Waals surface area contributed by atoms with Crippen molar-refractivity contribution in [1.29, 1.82) is 0 Å². The van der Waals surface area contributed by atoms with Gasteiger partial charge in [0.25, 0.3) is 0 Å². The molecule has 1 aliphatic heterocycles. The largest absolute Gasteiger partial charge is 0.383 e. The van der Waals surface area contributed by atoms with Crippen molar-refractivity contribution < 1.29 is 4.74 Å². The highest BCUT2D eigenvalue weighted by Gasteiger charge is 2.28. The monoisotopic (exact) mass is 313 g/mol. The van der Waals surface area contributed by atoms with E-state index >= 15 is 0 Å². The molecule has 0 amide bonds. The lowest BCUT2D eigenvalue weighted by molar-refractivity contribution is 0.199. The molecule has 1 saturated heterocycles. The van der Waals surface area contributed by atoms with Crippen LogP contribution >= 0.6 is 23.5 Å². The highest BCUT2D eigenvalue weighted by atomic mass is 32.2. The Bertz CT molecular complexity index is 406. The van der Waals surface area contributed by atoms with Crippen LogP contribution in [0.1, 0.15) is 30.1 Å². The van der Waals surface area contributed by atoms with Gasteiger partial charge in [-0.25, -0.2) is 9.97 Å². The molecule has 2 atom stereocenters. The number of ether oxygens (including phenoxy) is 1. The minimum absolute atomic E-state index is 0.442. The minimum Gasteiger partial charge on any atom is -0.383 e. The maximum Gasteiger partial charge on any atom is 0.142 e. The summed E-state index contributed by atoms with van der Waals surface area (Å²) in [6.45, 7) is 4.61. The third kappa shape index (κ3) is 4.62. The highest BCUT2D eigenvalue weighted by molar-refractivity contribution is 8.06. The molecule has 2 heterocycles. The molecule has 1 aromatic rings. The van der Waals surface area contributed by atoms with Gasteiger partial charge < -0.3 is 10.1 Å². The van der Waals surface area contributed by atoms with E-state index in [-0.39, 0.29) is 0 Å². The molecule has 1 aliphatic rings. The van der Waals surface area contributed by atoms with Crippen molar-refractivity contribution in [3.63, 3.8) is 0 Å². The summed E-state index contributed by atoms with van der Waals surface area (Å²) >= 11 is 4.07. The van der Waals surface area contributed by atoms with Crippen LogP contribution in [0.5, 0.6) is 0 Å². The van der Waals surface area contributed by atoms with Crippen molar-refractivity contribution >= 4 is 23.5 Å². The van der Waals surface area contributed by atoms with Gasteiger partial charge in [0.15, 0.2) is 0 Å². The number of rotatable bonds is 7. The van der Waals surface area contributed by atoms with Gasteiger partial charge in [-0.15, -0.1) is 11.8 Å². The molecule has 1 fully saturated rings. The van der Waals surface area contributed by atoms with Gasteiger partial charge in [0.2, 0.25) is 0 Å². The first-order valence-corrected chi connectivity index (χ1v) is 9.19. The van der Waals surface area contributed by atoms with Crippen molar-refractivity contribution in [2.24, 2.45) is 0 Å². The first-order chi connectivity index (χ1) is 9.85. The number of aromatic nitrogens is 2. The number of nitrogens with zero attached hydrogens (tertiary/aromatic N) is 2. The van der Waals surface area contributed by atoms with Gasteiger partial charge in [-0.2, -0.15) is 11.8 Å². The minimum atomic E-state index is 0.442. The Labute approximate surface area is 129 Å². The van der Waals surface area contributed by atoms with Crippen LogP contribution in [0.2, 0.25) is 0 Å². The predicted octanol–water partition coefficient (Wildman–Crippen LogP) is 2.51. The van der Waals surface area contributed by atoms with Crippen LogP contribution in [0, 0.1) is 0 Å². The van der Waals surface area contributed by atoms with Crippen LogP contribution in [0.4, 0.5) is 0 Å². The Morgan fingerprint density at radius 3 is 3.05 bits per heavy atom. The second-order valence-electron chi connectivity index (χ2n) is 4.68. The molecular weight excluding hydrogens is 290 g/mol. The van der Waals surface area contributed by atoms with Gasteiger partial charge in [0, 0.05) is 43.2 Å². The number of thioether (sulfide) groups is 2. The Balaban J connectivity index is 1.97. The lowest BCUT2D eigenvalue weighted by atomic mass is 10.2. The second kappa shape index (κ2) is 8.87. The number of hydrogen-bond donors (Lipinski definition) is 1. The lowest BCUT2D eigenvalue weighted by Crippen LogP contribution is -2.22. The van der Waals surface area contributed by atoms with E-state index < -0.39 is 0 Å². The molecule has 0 aromatic carbocycles. The molecule has 0 spiro atoms. The standard InChI is InChI=1S/C14H23N3OS2/c1-3-12-13(20-9-8-19-12)14-16-5-4-11(17-14)10-15-6-7-18-2/h4-5,12-13,15H,3,6-10H2,1-2H3. The first-order valence-electron chi connectivity index (χ1n) is 7.09. The lowest BCUT2D eigenvalue weighted by Gasteiger charge is -2.28. The molecular formula is C14H23N3OS2. The maximum atomic E-state index is 5.03. The van der Waals surface area contributed by atoms with Crippen LogP contribution in [-0.4, -0.2) is 47.0 Å². The van der Waals surface area contributed by atoms with Crippen molar-refractivity contribution in [2.75, 3.05) is 31.8 Å². The summed E-state index contributed by atoms with van der Waals surface area (Å²) in [5.41, 5.74) is 1.07. The van der Waals surface area contributed by atoms with E-state index in [4.69, 9.17) is 9.72 Å². The Morgan fingerprint density at radius 2 is 2.25 bits per heavy atom. The third-order valence-corrected chi connectivity index (χ3v) is 6.47. The smallest absolute Gasteiger partial charge is 0.142 e. The summed E-state index contributed by atoms with van der Waals surface area (Å²) in [6, 6.07) is 1.99. The van der Waals surface area contributed by atoms with Crippen LogP contribution in [0.15, 0.2) is 12.3 Å². The summed E-state index contributed by atoms with van der Waals surface area (Å²) in [7, 11) is 1.72. The van der Waals surface area contributed by atoms with Gasteiger partial charge in [-0.05, 0) is 12.5 Å². The molecule has 0 saturated carbocycles. The maximum absolute atomic E-state index is 5.03. The summed E-state index contributed by atoms with van der Waals surface area (Å²) in [5, 5.41) is 4.42. The molecule has 1 aromatic heterocycles. The Kier molecular flexibility index (Phi) is 7.13. The molecule has 20 heavy (non-hydrogen) atoms. The van der Waals surface area contributed by atoms with Crippen molar-refractivity contribution in [3.05, 3.63) is 23.8 Å². The Morgan fingerprint density at radius 1 is 1.40 bits per heavy atom. The van der Waals surface area contributed by atoms with E-state index in [0.29, 0.717) is 10.5 Å². The topological polar surface area (TPSA) is 47.0 Å². The van der Waals surface area contributed by atoms with Crippen molar-refractivity contribution in [3.8, 4) is 0 Å². The average molecular weight is 313 g/mol. The van der Waals surface area contributed by atoms with E-state index in [0.717, 1.165) is 31.2 Å². The fraction of sp³-hybridized carbons (Fsp3) is 0.714. The zero-order valence-electron chi connectivity index (χ0n) is 12.2. The number of hydrogen-bond acceptors (Lipinski definition) is 6. The van der Waals surface area contributed by atoms with E-state index in [1.165, 1.54) is 17.9 Å². The Hall–Kier alpha value is -0.300. The molecule has 2 rings (SSSR count). The van der Waals surface area contributed by atoms with E-state index in [9.17, 15) is 0 Å². The summed E-state index contributed by atoms with van der Waals surface area (Å²) in [4.78, 5) is 9.25. The highest BCUT2D eigenvalue weighted by Crippen LogP contribution is 2.42. The van der Waals surface area contributed by atoms with E-state index in [1.807, 2.05) is 24.0 Å². The summed E-state index contributed by atoms with van der Waals surface area (Å²) in [5.74, 6) is 3.45. The third-order valence-electron chi connectivity index (χ3n) is 3.23. The van der Waals surface area contributed by atoms with Crippen molar-refractivity contribution in [2.45, 2.75) is 30.4 Å². The molecule has 0 radical (unpaired) electrons.